The van der Waals surface area contributed by atoms with Gasteiger partial charge in [0.25, 0.3) is 0 Å². The minimum absolute atomic E-state index is 0.163. The maximum absolute atomic E-state index is 5.62. The van der Waals surface area contributed by atoms with Crippen molar-refractivity contribution < 1.29 is 0 Å². The largest absolute Gasteiger partial charge is 0.127 e. The molecule has 0 aliphatic carbocycles. The van der Waals surface area contributed by atoms with E-state index >= 15 is 0 Å². The smallest absolute Gasteiger partial charge is 0.121 e. The van der Waals surface area contributed by atoms with Crippen molar-refractivity contribution in [2.45, 2.75) is 19.3 Å². The van der Waals surface area contributed by atoms with Crippen LogP contribution < -0.4 is 0 Å². The minimum atomic E-state index is 0.163. The number of halogens is 4. The summed E-state index contributed by atoms with van der Waals surface area (Å²) in [7, 11) is 0. The summed E-state index contributed by atoms with van der Waals surface area (Å²) in [4.78, 5) is 0. The Morgan fingerprint density at radius 1 is 1.00 bits per heavy atom. The molecule has 10 heavy (non-hydrogen) atoms. The highest BCUT2D eigenvalue weighted by Gasteiger charge is 1.97. The van der Waals surface area contributed by atoms with Crippen LogP contribution in [0.5, 0.6) is 0 Å². The summed E-state index contributed by atoms with van der Waals surface area (Å²) in [5, 5.41) is 0.522. The van der Waals surface area contributed by atoms with Crippen molar-refractivity contribution in [3.8, 4) is 0 Å². The maximum atomic E-state index is 5.62. The Labute approximate surface area is 81.1 Å². The lowest BCUT2D eigenvalue weighted by molar-refractivity contribution is 0.812. The van der Waals surface area contributed by atoms with Crippen LogP contribution in [0.4, 0.5) is 0 Å². The molecule has 0 unspecified atom stereocenters. The first-order chi connectivity index (χ1) is 4.68. The molecule has 0 aromatic heterocycles. The van der Waals surface area contributed by atoms with Crippen molar-refractivity contribution in [1.82, 2.24) is 0 Å². The third kappa shape index (κ3) is 5.67. The van der Waals surface area contributed by atoms with Gasteiger partial charge in [-0.15, -0.1) is 11.6 Å². The van der Waals surface area contributed by atoms with E-state index in [2.05, 4.69) is 0 Å². The van der Waals surface area contributed by atoms with Gasteiger partial charge < -0.3 is 0 Å². The normalized spacial score (nSPS) is 9.60. The highest BCUT2D eigenvalue weighted by atomic mass is 35.5. The molecule has 0 fully saturated rings. The van der Waals surface area contributed by atoms with E-state index in [1.54, 1.807) is 0 Å². The number of hydrogen-bond acceptors (Lipinski definition) is 0. The summed E-state index contributed by atoms with van der Waals surface area (Å²) in [5.41, 5.74) is 0. The molecular weight excluding hydrogens is 214 g/mol. The predicted octanol–water partition coefficient (Wildman–Crippen LogP) is 4.28. The lowest BCUT2D eigenvalue weighted by Gasteiger charge is -1.96. The Hall–Kier alpha value is 0.900. The Morgan fingerprint density at radius 2 is 1.60 bits per heavy atom. The standard InChI is InChI=1S/C6H8Cl4/c7-4-2-1-3-5(8)6(9)10/h1-4H2. The van der Waals surface area contributed by atoms with Crippen molar-refractivity contribution in [2.75, 3.05) is 5.88 Å². The van der Waals surface area contributed by atoms with Crippen LogP contribution in [-0.2, 0) is 0 Å². The van der Waals surface area contributed by atoms with Gasteiger partial charge in [-0.2, -0.15) is 0 Å². The van der Waals surface area contributed by atoms with Crippen LogP contribution in [-0.4, -0.2) is 5.88 Å². The Bertz CT molecular complexity index is 115. The first-order valence-electron chi connectivity index (χ1n) is 2.94. The van der Waals surface area contributed by atoms with E-state index in [-0.39, 0.29) is 4.49 Å². The van der Waals surface area contributed by atoms with E-state index in [4.69, 9.17) is 46.4 Å². The fourth-order valence-corrected chi connectivity index (χ4v) is 0.981. The number of hydrogen-bond donors (Lipinski definition) is 0. The second-order valence-corrected chi connectivity index (χ2v) is 3.59. The van der Waals surface area contributed by atoms with Gasteiger partial charge in [-0.05, 0) is 19.3 Å². The first kappa shape index (κ1) is 10.9. The molecule has 0 aromatic rings. The van der Waals surface area contributed by atoms with Gasteiger partial charge in [-0.25, -0.2) is 0 Å². The van der Waals surface area contributed by atoms with Crippen molar-refractivity contribution in [2.24, 2.45) is 0 Å². The number of alkyl halides is 1. The lowest BCUT2D eigenvalue weighted by Crippen LogP contribution is -1.78. The van der Waals surface area contributed by atoms with Gasteiger partial charge in [0.15, 0.2) is 0 Å². The molecule has 0 aliphatic rings. The quantitative estimate of drug-likeness (QED) is 0.491. The highest BCUT2D eigenvalue weighted by molar-refractivity contribution is 6.59. The SMILES string of the molecule is ClCCCCC(Cl)=C(Cl)Cl. The molecule has 0 atom stereocenters. The lowest BCUT2D eigenvalue weighted by atomic mass is 10.2. The molecule has 4 heteroatoms. The van der Waals surface area contributed by atoms with Gasteiger partial charge >= 0.3 is 0 Å². The molecule has 0 bridgehead atoms. The molecule has 60 valence electrons. The second kappa shape index (κ2) is 6.60. The third-order valence-corrected chi connectivity index (χ3v) is 2.28. The zero-order chi connectivity index (χ0) is 7.98. The molecule has 0 rings (SSSR count). The van der Waals surface area contributed by atoms with Crippen molar-refractivity contribution in [3.05, 3.63) is 9.52 Å². The molecule has 0 saturated carbocycles. The average molecular weight is 222 g/mol. The van der Waals surface area contributed by atoms with E-state index in [0.29, 0.717) is 10.9 Å². The summed E-state index contributed by atoms with van der Waals surface area (Å²) in [6.07, 6.45) is 2.60. The number of rotatable bonds is 4. The Kier molecular flexibility index (Phi) is 7.19. The van der Waals surface area contributed by atoms with Crippen LogP contribution in [0.1, 0.15) is 19.3 Å². The zero-order valence-electron chi connectivity index (χ0n) is 5.34. The van der Waals surface area contributed by atoms with Gasteiger partial charge in [-0.1, -0.05) is 34.8 Å². The van der Waals surface area contributed by atoms with Crippen molar-refractivity contribution in [3.63, 3.8) is 0 Å². The van der Waals surface area contributed by atoms with E-state index < -0.39 is 0 Å². The van der Waals surface area contributed by atoms with Gasteiger partial charge in [0.1, 0.15) is 4.49 Å². The van der Waals surface area contributed by atoms with E-state index in [1.165, 1.54) is 0 Å². The number of unbranched alkanes of at least 4 members (excludes halogenated alkanes) is 1. The monoisotopic (exact) mass is 220 g/mol. The van der Waals surface area contributed by atoms with Gasteiger partial charge in [0.05, 0.1) is 0 Å². The van der Waals surface area contributed by atoms with E-state index in [9.17, 15) is 0 Å². The van der Waals surface area contributed by atoms with Crippen LogP contribution in [0.3, 0.4) is 0 Å². The molecular formula is C6H8Cl4. The van der Waals surface area contributed by atoms with Crippen LogP contribution in [0.25, 0.3) is 0 Å². The molecule has 0 aliphatic heterocycles. The summed E-state index contributed by atoms with van der Waals surface area (Å²) < 4.78 is 0.163. The van der Waals surface area contributed by atoms with Crippen LogP contribution in [0.2, 0.25) is 0 Å². The van der Waals surface area contributed by atoms with Gasteiger partial charge in [0, 0.05) is 10.9 Å². The molecule has 0 N–H and O–H groups in total. The summed E-state index contributed by atoms with van der Waals surface area (Å²) in [5.74, 6) is 0.657. The molecule has 0 saturated heterocycles. The van der Waals surface area contributed by atoms with E-state index in [0.717, 1.165) is 19.3 Å². The van der Waals surface area contributed by atoms with Gasteiger partial charge in [0.2, 0.25) is 0 Å². The van der Waals surface area contributed by atoms with Crippen molar-refractivity contribution >= 4 is 46.4 Å². The molecule has 0 nitrogen and oxygen atoms in total. The molecule has 0 spiro atoms. The summed E-state index contributed by atoms with van der Waals surface area (Å²) in [6, 6.07) is 0. The molecule has 0 aromatic carbocycles. The topological polar surface area (TPSA) is 0 Å². The number of allylic oxidation sites excluding steroid dienone is 1. The second-order valence-electron chi connectivity index (χ2n) is 1.81. The minimum Gasteiger partial charge on any atom is -0.127 e. The highest BCUT2D eigenvalue weighted by Crippen LogP contribution is 2.22. The first-order valence-corrected chi connectivity index (χ1v) is 4.61. The molecule has 0 radical (unpaired) electrons. The fraction of sp³-hybridized carbons (Fsp3) is 0.667. The fourth-order valence-electron chi connectivity index (χ4n) is 0.469. The maximum Gasteiger partial charge on any atom is 0.121 e. The van der Waals surface area contributed by atoms with E-state index in [1.807, 2.05) is 0 Å². The van der Waals surface area contributed by atoms with Crippen molar-refractivity contribution in [1.29, 1.82) is 0 Å². The molecule has 0 amide bonds. The summed E-state index contributed by atoms with van der Waals surface area (Å²) >= 11 is 21.8. The summed E-state index contributed by atoms with van der Waals surface area (Å²) in [6.45, 7) is 0. The average Bonchev–Trinajstić information content (AvgIpc) is 1.88. The zero-order valence-corrected chi connectivity index (χ0v) is 8.36. The van der Waals surface area contributed by atoms with Crippen LogP contribution >= 0.6 is 46.4 Å². The third-order valence-electron chi connectivity index (χ3n) is 0.985. The van der Waals surface area contributed by atoms with Crippen LogP contribution in [0, 0.1) is 0 Å². The van der Waals surface area contributed by atoms with Gasteiger partial charge in [-0.3, -0.25) is 0 Å². The molecule has 0 heterocycles. The predicted molar refractivity (Wildman–Crippen MR) is 49.2 cm³/mol. The van der Waals surface area contributed by atoms with Crippen LogP contribution in [0.15, 0.2) is 9.52 Å². The Balaban J connectivity index is 3.40. The Morgan fingerprint density at radius 3 is 2.00 bits per heavy atom.